The maximum Gasteiger partial charge on any atom is 0.391 e. The van der Waals surface area contributed by atoms with Gasteiger partial charge in [-0.15, -0.1) is 0 Å². The van der Waals surface area contributed by atoms with E-state index >= 15 is 0 Å². The minimum atomic E-state index is -3.54. The molecule has 0 spiro atoms. The van der Waals surface area contributed by atoms with Crippen LogP contribution in [0.2, 0.25) is 0 Å². The first-order valence-corrected chi connectivity index (χ1v) is 9.57. The van der Waals surface area contributed by atoms with Crippen molar-refractivity contribution in [2.24, 2.45) is 0 Å². The van der Waals surface area contributed by atoms with Gasteiger partial charge in [-0.25, -0.2) is 4.57 Å². The molecule has 1 aromatic rings. The lowest BCUT2D eigenvalue weighted by molar-refractivity contribution is 0.379. The second-order valence-corrected chi connectivity index (χ2v) is 9.54. The molecule has 2 unspecified atom stereocenters. The molecule has 0 bridgehead atoms. The molecule has 0 aromatic heterocycles. The maximum absolute atomic E-state index is 11.9. The van der Waals surface area contributed by atoms with Crippen molar-refractivity contribution < 1.29 is 14.0 Å². The van der Waals surface area contributed by atoms with Gasteiger partial charge in [0.1, 0.15) is 10.7 Å². The Morgan fingerprint density at radius 2 is 2.13 bits per heavy atom. The molecule has 1 aromatic carbocycles. The number of hydrogen-bond donors (Lipinski definition) is 1. The second kappa shape index (κ2) is 5.06. The average Bonchev–Trinajstić information content (AvgIpc) is 2.71. The highest BCUT2D eigenvalue weighted by Gasteiger charge is 2.38. The van der Waals surface area contributed by atoms with Crippen LogP contribution in [0.4, 0.5) is 0 Å². The van der Waals surface area contributed by atoms with Gasteiger partial charge < -0.3 is 9.42 Å². The van der Waals surface area contributed by atoms with Crippen molar-refractivity contribution in [2.45, 2.75) is 4.99 Å². The van der Waals surface area contributed by atoms with E-state index in [1.54, 1.807) is 44.9 Å². The van der Waals surface area contributed by atoms with Gasteiger partial charge in [-0.3, -0.25) is 0 Å². The number of para-hydroxylation sites is 1. The number of rotatable bonds is 3. The van der Waals surface area contributed by atoms with Crippen LogP contribution in [-0.2, 0) is 4.57 Å². The van der Waals surface area contributed by atoms with Gasteiger partial charge in [0.05, 0.1) is 0 Å². The van der Waals surface area contributed by atoms with Crippen molar-refractivity contribution in [2.75, 3.05) is 5.75 Å². The molecule has 1 fully saturated rings. The summed E-state index contributed by atoms with van der Waals surface area (Å²) in [6.45, 7) is 0. The van der Waals surface area contributed by atoms with E-state index in [0.29, 0.717) is 11.5 Å². The molecule has 7 heteroatoms. The summed E-state index contributed by atoms with van der Waals surface area (Å²) in [6, 6.07) is 8.76. The summed E-state index contributed by atoms with van der Waals surface area (Å²) in [7, 11) is 0.997. The van der Waals surface area contributed by atoms with E-state index in [1.165, 1.54) is 10.8 Å². The topological polar surface area (TPSA) is 46.5 Å². The zero-order valence-electron chi connectivity index (χ0n) is 7.61. The predicted octanol–water partition coefficient (Wildman–Crippen LogP) is 3.62. The first-order valence-electron chi connectivity index (χ1n) is 4.20. The molecular weight excluding hydrogens is 271 g/mol. The highest BCUT2D eigenvalue weighted by Crippen LogP contribution is 2.62. The zero-order valence-corrected chi connectivity index (χ0v) is 11.0. The lowest BCUT2D eigenvalue weighted by Crippen LogP contribution is -2.07. The Balaban J connectivity index is 2.07. The minimum absolute atomic E-state index is 0.326. The molecule has 3 nitrogen and oxygen atoms in total. The molecule has 1 saturated heterocycles. The summed E-state index contributed by atoms with van der Waals surface area (Å²) in [5.74, 6) is 1.10. The summed E-state index contributed by atoms with van der Waals surface area (Å²) in [6.07, 6.45) is 0. The molecule has 2 rings (SSSR count). The van der Waals surface area contributed by atoms with E-state index in [0.717, 1.165) is 0 Å². The highest BCUT2D eigenvalue weighted by molar-refractivity contribution is 9.11. The summed E-state index contributed by atoms with van der Waals surface area (Å²) < 4.78 is 17.0. The minimum Gasteiger partial charge on any atom is -0.424 e. The van der Waals surface area contributed by atoms with Crippen LogP contribution in [-0.4, -0.2) is 15.6 Å². The Morgan fingerprint density at radius 1 is 1.40 bits per heavy atom. The smallest absolute Gasteiger partial charge is 0.391 e. The quantitative estimate of drug-likeness (QED) is 0.674. The third kappa shape index (κ3) is 3.11. The van der Waals surface area contributed by atoms with Crippen LogP contribution in [0.1, 0.15) is 0 Å². The van der Waals surface area contributed by atoms with Crippen LogP contribution < -0.4 is 4.52 Å². The maximum atomic E-state index is 11.9. The first kappa shape index (κ1) is 11.7. The molecule has 1 heterocycles. The number of hydrogen-bond acceptors (Lipinski definition) is 5. The third-order valence-electron chi connectivity index (χ3n) is 1.75. The molecule has 0 saturated carbocycles. The largest absolute Gasteiger partial charge is 0.424 e. The third-order valence-corrected chi connectivity index (χ3v) is 9.37. The predicted molar refractivity (Wildman–Crippen MR) is 68.3 cm³/mol. The number of benzene rings is 1. The zero-order chi connectivity index (χ0) is 10.7. The van der Waals surface area contributed by atoms with Gasteiger partial charge in [0.25, 0.3) is 0 Å². The summed E-state index contributed by atoms with van der Waals surface area (Å²) in [5.41, 5.74) is 0. The van der Waals surface area contributed by atoms with E-state index in [-0.39, 0.29) is 4.99 Å². The molecule has 0 radical (unpaired) electrons. The van der Waals surface area contributed by atoms with E-state index < -0.39 is 7.60 Å². The van der Waals surface area contributed by atoms with Crippen LogP contribution in [0.25, 0.3) is 0 Å². The SMILES string of the molecule is O=P(O)(Oc1ccccc1)C1CSSS1. The Labute approximate surface area is 99.7 Å². The fraction of sp³-hybridized carbons (Fsp3) is 0.250. The summed E-state index contributed by atoms with van der Waals surface area (Å²) >= 11 is 0. The van der Waals surface area contributed by atoms with E-state index in [9.17, 15) is 9.46 Å². The highest BCUT2D eigenvalue weighted by atomic mass is 33.5. The van der Waals surface area contributed by atoms with Gasteiger partial charge >= 0.3 is 7.60 Å². The van der Waals surface area contributed by atoms with Crippen LogP contribution in [0, 0.1) is 0 Å². The Bertz CT molecular complexity index is 367. The van der Waals surface area contributed by atoms with Crippen molar-refractivity contribution in [3.63, 3.8) is 0 Å². The Hall–Kier alpha value is 0.260. The van der Waals surface area contributed by atoms with E-state index in [1.807, 2.05) is 6.07 Å². The normalized spacial score (nSPS) is 24.7. The molecule has 2 atom stereocenters. The molecule has 15 heavy (non-hydrogen) atoms. The van der Waals surface area contributed by atoms with Crippen LogP contribution in [0.5, 0.6) is 5.75 Å². The summed E-state index contributed by atoms with van der Waals surface area (Å²) in [5, 5.41) is 0. The van der Waals surface area contributed by atoms with E-state index in [2.05, 4.69) is 0 Å². The van der Waals surface area contributed by atoms with Gasteiger partial charge in [0, 0.05) is 5.75 Å². The molecular formula is C8H9O3PS3. The van der Waals surface area contributed by atoms with Crippen LogP contribution in [0.15, 0.2) is 30.3 Å². The first-order chi connectivity index (χ1) is 7.18. The van der Waals surface area contributed by atoms with Crippen LogP contribution >= 0.6 is 39.0 Å². The fourth-order valence-electron chi connectivity index (χ4n) is 1.03. The van der Waals surface area contributed by atoms with E-state index in [4.69, 9.17) is 4.52 Å². The Morgan fingerprint density at radius 3 is 2.73 bits per heavy atom. The molecule has 82 valence electrons. The van der Waals surface area contributed by atoms with Crippen molar-refractivity contribution in [1.82, 2.24) is 0 Å². The molecule has 1 aliphatic rings. The second-order valence-electron chi connectivity index (χ2n) is 2.87. The molecule has 0 amide bonds. The van der Waals surface area contributed by atoms with Gasteiger partial charge in [-0.1, -0.05) is 39.8 Å². The van der Waals surface area contributed by atoms with Gasteiger partial charge in [-0.2, -0.15) is 0 Å². The van der Waals surface area contributed by atoms with Crippen molar-refractivity contribution in [3.8, 4) is 5.75 Å². The van der Waals surface area contributed by atoms with Crippen molar-refractivity contribution >= 4 is 39.0 Å². The Kier molecular flexibility index (Phi) is 3.96. The van der Waals surface area contributed by atoms with Crippen molar-refractivity contribution in [3.05, 3.63) is 30.3 Å². The standard InChI is InChI=1S/C8H9O3PS3/c9-12(10,8-6-13-15-14-8)11-7-4-2-1-3-5-7/h1-5,8H,6H2,(H,9,10). The molecule has 0 aliphatic carbocycles. The van der Waals surface area contributed by atoms with Crippen LogP contribution in [0.3, 0.4) is 0 Å². The lowest BCUT2D eigenvalue weighted by atomic mass is 10.3. The molecule has 1 aliphatic heterocycles. The lowest BCUT2D eigenvalue weighted by Gasteiger charge is -2.16. The monoisotopic (exact) mass is 280 g/mol. The fourth-order valence-corrected chi connectivity index (χ4v) is 9.67. The van der Waals surface area contributed by atoms with Gasteiger partial charge in [0.15, 0.2) is 0 Å². The summed E-state index contributed by atoms with van der Waals surface area (Å²) in [4.78, 5) is 9.43. The molecule has 1 N–H and O–H groups in total. The van der Waals surface area contributed by atoms with Crippen molar-refractivity contribution in [1.29, 1.82) is 0 Å². The average molecular weight is 280 g/mol. The van der Waals surface area contributed by atoms with Gasteiger partial charge in [-0.05, 0) is 22.0 Å². The van der Waals surface area contributed by atoms with Gasteiger partial charge in [0.2, 0.25) is 0 Å².